The maximum absolute atomic E-state index is 12.8. The minimum absolute atomic E-state index is 0. The quantitative estimate of drug-likeness (QED) is 0.465. The zero-order valence-corrected chi connectivity index (χ0v) is 18.6. The van der Waals surface area contributed by atoms with Gasteiger partial charge in [-0.1, -0.05) is 0 Å². The van der Waals surface area contributed by atoms with Crippen molar-refractivity contribution < 1.29 is 14.7 Å². The molecule has 9 nitrogen and oxygen atoms in total. The van der Waals surface area contributed by atoms with Crippen molar-refractivity contribution in [1.82, 2.24) is 14.8 Å². The van der Waals surface area contributed by atoms with Crippen molar-refractivity contribution in [3.05, 3.63) is 23.9 Å². The monoisotopic (exact) mass is 460 g/mol. The van der Waals surface area contributed by atoms with Crippen molar-refractivity contribution >= 4 is 48.5 Å². The minimum atomic E-state index is -0.728. The first-order chi connectivity index (χ1) is 13.4. The molecule has 3 rings (SSSR count). The van der Waals surface area contributed by atoms with Crippen LogP contribution in [-0.4, -0.2) is 77.0 Å². The second-order valence-corrected chi connectivity index (χ2v) is 7.53. The second-order valence-electron chi connectivity index (χ2n) is 7.53. The molecule has 1 aromatic rings. The zero-order chi connectivity index (χ0) is 20.3. The molecule has 168 valence electrons. The number of urea groups is 1. The van der Waals surface area contributed by atoms with Crippen LogP contribution in [0.4, 0.5) is 10.6 Å². The molecule has 0 bridgehead atoms. The van der Waals surface area contributed by atoms with Gasteiger partial charge in [-0.25, -0.2) is 9.78 Å². The summed E-state index contributed by atoms with van der Waals surface area (Å²) in [6, 6.07) is 3.75. The number of pyridine rings is 1. The molecule has 0 aromatic carbocycles. The van der Waals surface area contributed by atoms with Crippen LogP contribution >= 0.6 is 24.8 Å². The van der Waals surface area contributed by atoms with E-state index in [2.05, 4.69) is 9.88 Å². The van der Waals surface area contributed by atoms with Gasteiger partial charge in [-0.2, -0.15) is 0 Å². The fourth-order valence-electron chi connectivity index (χ4n) is 3.95. The molecule has 0 radical (unpaired) electrons. The fraction of sp³-hybridized carbons (Fsp3) is 0.579. The molecule has 0 atom stereocenters. The number of nitrogens with one attached hydrogen (secondary N) is 1. The molecular weight excluding hydrogens is 431 g/mol. The van der Waals surface area contributed by atoms with Gasteiger partial charge in [0.2, 0.25) is 0 Å². The fourth-order valence-corrected chi connectivity index (χ4v) is 3.95. The number of amides is 2. The molecule has 2 aliphatic rings. The summed E-state index contributed by atoms with van der Waals surface area (Å²) in [5.74, 6) is -0.189. The normalized spacial score (nSPS) is 21.1. The Morgan fingerprint density at radius 1 is 1.13 bits per heavy atom. The van der Waals surface area contributed by atoms with Gasteiger partial charge in [0.1, 0.15) is 11.7 Å². The number of carbonyl (C=O) groups excluding carboxylic acids is 1. The highest BCUT2D eigenvalue weighted by molar-refractivity contribution is 5.94. The van der Waals surface area contributed by atoms with E-state index >= 15 is 0 Å². The number of halogens is 2. The topological polar surface area (TPSA) is 127 Å². The van der Waals surface area contributed by atoms with Crippen LogP contribution in [0.5, 0.6) is 0 Å². The lowest BCUT2D eigenvalue weighted by Gasteiger charge is -2.40. The van der Waals surface area contributed by atoms with Gasteiger partial charge in [0.15, 0.2) is 0 Å². The number of amidine groups is 1. The third-order valence-electron chi connectivity index (χ3n) is 5.83. The van der Waals surface area contributed by atoms with Crippen molar-refractivity contribution in [2.24, 2.45) is 11.7 Å². The van der Waals surface area contributed by atoms with Gasteiger partial charge in [0.25, 0.3) is 0 Å². The van der Waals surface area contributed by atoms with E-state index < -0.39 is 5.97 Å². The molecule has 1 aliphatic carbocycles. The van der Waals surface area contributed by atoms with Gasteiger partial charge < -0.3 is 25.5 Å². The van der Waals surface area contributed by atoms with Crippen LogP contribution in [0.15, 0.2) is 18.3 Å². The van der Waals surface area contributed by atoms with Crippen LogP contribution < -0.4 is 10.6 Å². The maximum Gasteiger partial charge on any atom is 0.320 e. The number of aromatic nitrogens is 1. The number of anilines is 1. The Balaban J connectivity index is 0.00000225. The molecule has 0 spiro atoms. The van der Waals surface area contributed by atoms with Gasteiger partial charge in [-0.05, 0) is 37.8 Å². The molecule has 30 heavy (non-hydrogen) atoms. The van der Waals surface area contributed by atoms with Gasteiger partial charge in [0, 0.05) is 51.0 Å². The van der Waals surface area contributed by atoms with E-state index in [1.165, 1.54) is 0 Å². The van der Waals surface area contributed by atoms with Gasteiger partial charge in [-0.3, -0.25) is 10.2 Å². The lowest BCUT2D eigenvalue weighted by Crippen LogP contribution is -2.54. The first-order valence-electron chi connectivity index (χ1n) is 9.66. The van der Waals surface area contributed by atoms with E-state index in [-0.39, 0.29) is 48.6 Å². The van der Waals surface area contributed by atoms with E-state index in [4.69, 9.17) is 16.2 Å². The Hall–Kier alpha value is -2.26. The molecule has 11 heteroatoms. The molecule has 2 fully saturated rings. The summed E-state index contributed by atoms with van der Waals surface area (Å²) < 4.78 is 0. The smallest absolute Gasteiger partial charge is 0.320 e. The molecule has 0 unspecified atom stereocenters. The van der Waals surface area contributed by atoms with Crippen LogP contribution in [-0.2, 0) is 4.79 Å². The van der Waals surface area contributed by atoms with Crippen LogP contribution in [0.25, 0.3) is 0 Å². The molecule has 4 N–H and O–H groups in total. The predicted octanol–water partition coefficient (Wildman–Crippen LogP) is 2.03. The number of carboxylic acids is 1. The second kappa shape index (κ2) is 11.2. The Morgan fingerprint density at radius 3 is 2.20 bits per heavy atom. The number of hydrogen-bond acceptors (Lipinski definition) is 5. The number of nitrogen functional groups attached to an aromatic ring is 1. The minimum Gasteiger partial charge on any atom is -0.481 e. The molecule has 2 heterocycles. The summed E-state index contributed by atoms with van der Waals surface area (Å²) in [6.45, 7) is 2.61. The molecule has 1 saturated heterocycles. The highest BCUT2D eigenvalue weighted by atomic mass is 35.5. The Kier molecular flexibility index (Phi) is 9.64. The molecule has 2 amide bonds. The van der Waals surface area contributed by atoms with E-state index in [1.807, 2.05) is 18.0 Å². The average molecular weight is 461 g/mol. The third-order valence-corrected chi connectivity index (χ3v) is 5.83. The summed E-state index contributed by atoms with van der Waals surface area (Å²) in [6.07, 6.45) is 4.34. The number of rotatable bonds is 4. The average Bonchev–Trinajstić information content (AvgIpc) is 2.73. The van der Waals surface area contributed by atoms with Crippen LogP contribution in [0, 0.1) is 11.3 Å². The SMILES string of the molecule is CN(C(=O)N1CCN(c2ccc(C(=N)N)cn2)CC1)C1CCC(C(=O)O)CC1.Cl.Cl. The number of nitrogens with two attached hydrogens (primary N) is 1. The molecule has 1 aromatic heterocycles. The van der Waals surface area contributed by atoms with Crippen molar-refractivity contribution in [3.63, 3.8) is 0 Å². The van der Waals surface area contributed by atoms with E-state index in [0.717, 1.165) is 18.7 Å². The first kappa shape index (κ1) is 25.8. The number of carbonyl (C=O) groups is 2. The van der Waals surface area contributed by atoms with E-state index in [9.17, 15) is 9.59 Å². The Morgan fingerprint density at radius 2 is 1.73 bits per heavy atom. The predicted molar refractivity (Wildman–Crippen MR) is 120 cm³/mol. The summed E-state index contributed by atoms with van der Waals surface area (Å²) in [5.41, 5.74) is 6.05. The van der Waals surface area contributed by atoms with Crippen molar-refractivity contribution in [3.8, 4) is 0 Å². The highest BCUT2D eigenvalue weighted by Crippen LogP contribution is 2.28. The lowest BCUT2D eigenvalue weighted by atomic mass is 9.85. The number of hydrogen-bond donors (Lipinski definition) is 3. The maximum atomic E-state index is 12.8. The standard InChI is InChI=1S/C19H28N6O3.2ClH/c1-23(15-5-2-13(3-6-15)18(26)27)19(28)25-10-8-24(9-11-25)16-7-4-14(12-22-16)17(20)21;;/h4,7,12-13,15H,2-3,5-6,8-11H2,1H3,(H3,20,21)(H,26,27);2*1H. The molecular formula is C19H30Cl2N6O3. The van der Waals surface area contributed by atoms with Crippen LogP contribution in [0.1, 0.15) is 31.2 Å². The van der Waals surface area contributed by atoms with Crippen LogP contribution in [0.2, 0.25) is 0 Å². The van der Waals surface area contributed by atoms with E-state index in [0.29, 0.717) is 44.6 Å². The number of carboxylic acid groups (broad SMARTS) is 1. The Labute approximate surface area is 188 Å². The first-order valence-corrected chi connectivity index (χ1v) is 9.66. The van der Waals surface area contributed by atoms with Crippen molar-refractivity contribution in [2.45, 2.75) is 31.7 Å². The largest absolute Gasteiger partial charge is 0.481 e. The van der Waals surface area contributed by atoms with Gasteiger partial charge in [0.05, 0.1) is 5.92 Å². The zero-order valence-electron chi connectivity index (χ0n) is 17.0. The summed E-state index contributed by atoms with van der Waals surface area (Å²) in [4.78, 5) is 34.1. The Bertz CT molecular complexity index is 732. The number of nitrogens with zero attached hydrogens (tertiary/aromatic N) is 4. The van der Waals surface area contributed by atoms with Crippen molar-refractivity contribution in [1.29, 1.82) is 5.41 Å². The van der Waals surface area contributed by atoms with Gasteiger partial charge in [-0.15, -0.1) is 24.8 Å². The van der Waals surface area contributed by atoms with Crippen molar-refractivity contribution in [2.75, 3.05) is 38.1 Å². The summed E-state index contributed by atoms with van der Waals surface area (Å²) in [5, 5.41) is 16.5. The summed E-state index contributed by atoms with van der Waals surface area (Å²) in [7, 11) is 1.82. The molecule has 1 saturated carbocycles. The number of aliphatic carboxylic acids is 1. The highest BCUT2D eigenvalue weighted by Gasteiger charge is 2.32. The van der Waals surface area contributed by atoms with Gasteiger partial charge >= 0.3 is 12.0 Å². The molecule has 1 aliphatic heterocycles. The lowest BCUT2D eigenvalue weighted by molar-refractivity contribution is -0.143. The van der Waals surface area contributed by atoms with Crippen LogP contribution in [0.3, 0.4) is 0 Å². The number of piperazine rings is 1. The third kappa shape index (κ3) is 5.89. The van der Waals surface area contributed by atoms with E-state index in [1.54, 1.807) is 17.2 Å². The summed E-state index contributed by atoms with van der Waals surface area (Å²) >= 11 is 0.